The van der Waals surface area contributed by atoms with Gasteiger partial charge in [-0.05, 0) is 69.4 Å². The summed E-state index contributed by atoms with van der Waals surface area (Å²) in [5.74, 6) is 0.356. The summed E-state index contributed by atoms with van der Waals surface area (Å²) in [6, 6.07) is 0. The fourth-order valence-electron chi connectivity index (χ4n) is 5.83. The van der Waals surface area contributed by atoms with Gasteiger partial charge in [0.25, 0.3) is 0 Å². The van der Waals surface area contributed by atoms with E-state index >= 15 is 0 Å². The Balaban J connectivity index is 1.89. The number of allylic oxidation sites excluding steroid dienone is 19. The van der Waals surface area contributed by atoms with Crippen LogP contribution in [-0.2, 0) is 4.79 Å². The quantitative estimate of drug-likeness (QED) is 0.167. The molecule has 2 aliphatic rings. The Morgan fingerprint density at radius 3 is 1.63 bits per heavy atom. The average molecular weight is 587 g/mol. The van der Waals surface area contributed by atoms with E-state index in [9.17, 15) is 20.1 Å². The molecule has 0 aromatic carbocycles. The van der Waals surface area contributed by atoms with Gasteiger partial charge in [0.05, 0.1) is 18.0 Å². The minimum atomic E-state index is -0.539. The molecule has 2 rings (SSSR count). The molecular weight excluding hydrogens is 532 g/mol. The third-order valence-electron chi connectivity index (χ3n) is 8.92. The van der Waals surface area contributed by atoms with E-state index in [1.165, 1.54) is 0 Å². The van der Waals surface area contributed by atoms with Crippen LogP contribution in [0, 0.1) is 16.2 Å². The first-order valence-corrected chi connectivity index (χ1v) is 15.4. The van der Waals surface area contributed by atoms with Crippen LogP contribution in [0.1, 0.15) is 88.0 Å². The summed E-state index contributed by atoms with van der Waals surface area (Å²) in [5.41, 5.74) is 4.18. The van der Waals surface area contributed by atoms with E-state index in [1.54, 1.807) is 6.08 Å². The summed E-state index contributed by atoms with van der Waals surface area (Å²) in [4.78, 5) is 12.9. The lowest BCUT2D eigenvalue weighted by Gasteiger charge is -2.35. The number of rotatable bonds is 11. The van der Waals surface area contributed by atoms with Gasteiger partial charge in [0.15, 0.2) is 5.78 Å². The molecular formula is C39H54O4. The first-order valence-electron chi connectivity index (χ1n) is 15.4. The molecule has 3 atom stereocenters. The van der Waals surface area contributed by atoms with Gasteiger partial charge in [-0.2, -0.15) is 0 Å². The Hall–Kier alpha value is -3.21. The molecule has 3 N–H and O–H groups in total. The van der Waals surface area contributed by atoms with E-state index in [-0.39, 0.29) is 22.4 Å². The van der Waals surface area contributed by atoms with Gasteiger partial charge in [-0.15, -0.1) is 0 Å². The highest BCUT2D eigenvalue weighted by Crippen LogP contribution is 2.53. The van der Waals surface area contributed by atoms with E-state index in [1.807, 2.05) is 108 Å². The second-order valence-electron chi connectivity index (χ2n) is 13.9. The summed E-state index contributed by atoms with van der Waals surface area (Å²) in [6.45, 7) is 18.3. The summed E-state index contributed by atoms with van der Waals surface area (Å²) < 4.78 is 0. The molecule has 0 aliphatic heterocycles. The Kier molecular flexibility index (Phi) is 13.0. The second kappa shape index (κ2) is 15.5. The smallest absolute Gasteiger partial charge is 0.162 e. The van der Waals surface area contributed by atoms with Crippen molar-refractivity contribution in [3.8, 4) is 0 Å². The zero-order valence-corrected chi connectivity index (χ0v) is 27.8. The fraction of sp³-hybridized carbons (Fsp3) is 0.462. The lowest BCUT2D eigenvalue weighted by Crippen LogP contribution is -2.36. The van der Waals surface area contributed by atoms with Gasteiger partial charge in [0.2, 0.25) is 0 Å². The molecule has 1 saturated carbocycles. The number of carbonyl (C=O) groups excluding carboxylic acids is 1. The van der Waals surface area contributed by atoms with Crippen LogP contribution in [-0.4, -0.2) is 33.3 Å². The molecule has 0 aromatic heterocycles. The maximum absolute atomic E-state index is 12.9. The van der Waals surface area contributed by atoms with Crippen LogP contribution in [0.2, 0.25) is 0 Å². The minimum Gasteiger partial charge on any atom is -0.512 e. The van der Waals surface area contributed by atoms with Gasteiger partial charge in [0, 0.05) is 11.8 Å². The number of aliphatic hydroxyl groups is 3. The summed E-state index contributed by atoms with van der Waals surface area (Å²) in [7, 11) is 0. The minimum absolute atomic E-state index is 0.0770. The van der Waals surface area contributed by atoms with E-state index in [0.29, 0.717) is 25.7 Å². The lowest BCUT2D eigenvalue weighted by molar-refractivity contribution is -0.127. The highest BCUT2D eigenvalue weighted by molar-refractivity contribution is 5.95. The van der Waals surface area contributed by atoms with Crippen LogP contribution in [0.3, 0.4) is 0 Å². The summed E-state index contributed by atoms with van der Waals surface area (Å²) >= 11 is 0. The molecule has 2 aliphatic carbocycles. The maximum Gasteiger partial charge on any atom is 0.162 e. The van der Waals surface area contributed by atoms with E-state index in [0.717, 1.165) is 27.9 Å². The van der Waals surface area contributed by atoms with Crippen LogP contribution in [0.4, 0.5) is 0 Å². The van der Waals surface area contributed by atoms with Crippen LogP contribution in [0.15, 0.2) is 119 Å². The molecule has 0 heterocycles. The molecule has 3 unspecified atom stereocenters. The van der Waals surface area contributed by atoms with Crippen molar-refractivity contribution in [2.75, 3.05) is 0 Å². The summed E-state index contributed by atoms with van der Waals surface area (Å²) in [5, 5.41) is 30.4. The van der Waals surface area contributed by atoms with Crippen molar-refractivity contribution in [2.24, 2.45) is 16.2 Å². The van der Waals surface area contributed by atoms with E-state index in [4.69, 9.17) is 0 Å². The van der Waals surface area contributed by atoms with E-state index in [2.05, 4.69) is 32.9 Å². The molecule has 4 nitrogen and oxygen atoms in total. The predicted octanol–water partition coefficient (Wildman–Crippen LogP) is 9.30. The monoisotopic (exact) mass is 586 g/mol. The number of aliphatic hydroxyl groups excluding tert-OH is 3. The Bertz CT molecular complexity index is 1320. The van der Waals surface area contributed by atoms with Gasteiger partial charge in [0.1, 0.15) is 0 Å². The zero-order valence-electron chi connectivity index (χ0n) is 27.8. The number of hydrogen-bond acceptors (Lipinski definition) is 4. The number of hydrogen-bond donors (Lipinski definition) is 3. The van der Waals surface area contributed by atoms with Crippen LogP contribution in [0.5, 0.6) is 0 Å². The van der Waals surface area contributed by atoms with Crippen molar-refractivity contribution in [2.45, 2.75) is 100 Å². The average Bonchev–Trinajstić information content (AvgIpc) is 3.10. The maximum atomic E-state index is 12.9. The molecule has 0 spiro atoms. The van der Waals surface area contributed by atoms with Gasteiger partial charge >= 0.3 is 0 Å². The molecule has 234 valence electrons. The van der Waals surface area contributed by atoms with Crippen molar-refractivity contribution < 1.29 is 20.1 Å². The number of carbonyl (C=O) groups is 1. The third-order valence-corrected chi connectivity index (χ3v) is 8.92. The van der Waals surface area contributed by atoms with Gasteiger partial charge < -0.3 is 15.3 Å². The van der Waals surface area contributed by atoms with Gasteiger partial charge in [-0.3, -0.25) is 4.79 Å². The molecule has 4 heteroatoms. The van der Waals surface area contributed by atoms with Crippen molar-refractivity contribution in [3.63, 3.8) is 0 Å². The fourth-order valence-corrected chi connectivity index (χ4v) is 5.83. The standard InChI is InChI=1S/C39H54O4/c1-28(16-12-18-30(3)20-22-34-35(42)24-32(40)25-37(34,5)6)14-10-11-15-29(2)17-13-19-31(4)21-23-36(43)39(9)27-33(41)26-38(39,7)8/h10-23,32-33,40-42H,24-27H2,1-9H3. The van der Waals surface area contributed by atoms with E-state index < -0.39 is 17.6 Å². The van der Waals surface area contributed by atoms with Crippen molar-refractivity contribution >= 4 is 5.78 Å². The normalized spacial score (nSPS) is 27.7. The molecule has 0 aromatic rings. The highest BCUT2D eigenvalue weighted by atomic mass is 16.3. The largest absolute Gasteiger partial charge is 0.512 e. The molecule has 0 amide bonds. The Labute approximate surface area is 260 Å². The van der Waals surface area contributed by atoms with Crippen molar-refractivity contribution in [1.29, 1.82) is 0 Å². The van der Waals surface area contributed by atoms with Gasteiger partial charge in [-0.1, -0.05) is 136 Å². The predicted molar refractivity (Wildman–Crippen MR) is 182 cm³/mol. The lowest BCUT2D eigenvalue weighted by atomic mass is 9.66. The zero-order chi connectivity index (χ0) is 32.4. The Morgan fingerprint density at radius 1 is 0.651 bits per heavy atom. The third kappa shape index (κ3) is 10.8. The molecule has 43 heavy (non-hydrogen) atoms. The SMILES string of the molecule is CC(C=CC=C(C)C=CC(=O)C1(C)CC(O)CC1(C)C)=CC=CC=C(C)C=CC=C(C)C=CC1=C(O)CC(O)CC1(C)C. The van der Waals surface area contributed by atoms with Crippen LogP contribution < -0.4 is 0 Å². The summed E-state index contributed by atoms with van der Waals surface area (Å²) in [6.07, 6.45) is 29.0. The van der Waals surface area contributed by atoms with Gasteiger partial charge in [-0.25, -0.2) is 0 Å². The number of ketones is 1. The van der Waals surface area contributed by atoms with Crippen molar-refractivity contribution in [1.82, 2.24) is 0 Å². The second-order valence-corrected chi connectivity index (χ2v) is 13.9. The molecule has 0 saturated heterocycles. The van der Waals surface area contributed by atoms with Crippen LogP contribution >= 0.6 is 0 Å². The topological polar surface area (TPSA) is 77.8 Å². The van der Waals surface area contributed by atoms with Crippen molar-refractivity contribution in [3.05, 3.63) is 119 Å². The Morgan fingerprint density at radius 2 is 1.14 bits per heavy atom. The first-order chi connectivity index (χ1) is 20.0. The molecule has 1 fully saturated rings. The highest BCUT2D eigenvalue weighted by Gasteiger charge is 2.52. The first kappa shape index (κ1) is 36.0. The molecule has 0 bridgehead atoms. The molecule has 0 radical (unpaired) electrons. The van der Waals surface area contributed by atoms with Crippen LogP contribution in [0.25, 0.3) is 0 Å².